The number of quaternary nitrogens is 2. The second-order valence-electron chi connectivity index (χ2n) is 5.32. The van der Waals surface area contributed by atoms with E-state index in [4.69, 9.17) is 4.74 Å². The highest BCUT2D eigenvalue weighted by molar-refractivity contribution is 5.80. The molecule has 1 aromatic heterocycles. The van der Waals surface area contributed by atoms with E-state index < -0.39 is 0 Å². The summed E-state index contributed by atoms with van der Waals surface area (Å²) in [5, 5.41) is 3.21. The molecular weight excluding hydrogens is 254 g/mol. The number of pyridine rings is 1. The van der Waals surface area contributed by atoms with Gasteiger partial charge in [-0.1, -0.05) is 0 Å². The minimum absolute atomic E-state index is 0.0146. The first-order valence-corrected chi connectivity index (χ1v) is 6.91. The fraction of sp³-hybridized carbons (Fsp3) is 0.400. The van der Waals surface area contributed by atoms with E-state index >= 15 is 0 Å². The maximum atomic E-state index is 12.0. The summed E-state index contributed by atoms with van der Waals surface area (Å²) in [5.41, 5.74) is 1.62. The first-order chi connectivity index (χ1) is 9.60. The number of rotatable bonds is 6. The smallest absolute Gasteiger partial charge is 0.257 e. The van der Waals surface area contributed by atoms with E-state index in [1.807, 2.05) is 24.3 Å². The third-order valence-electron chi connectivity index (χ3n) is 3.34. The van der Waals surface area contributed by atoms with Crippen molar-refractivity contribution in [3.8, 4) is 5.75 Å². The lowest BCUT2D eigenvalue weighted by Crippen LogP contribution is -3.09. The van der Waals surface area contributed by atoms with Crippen LogP contribution >= 0.6 is 0 Å². The average molecular weight is 277 g/mol. The Morgan fingerprint density at radius 2 is 2.10 bits per heavy atom. The largest absolute Gasteiger partial charge is 0.497 e. The van der Waals surface area contributed by atoms with Crippen molar-refractivity contribution in [1.82, 2.24) is 4.98 Å². The Morgan fingerprint density at radius 3 is 2.80 bits per heavy atom. The van der Waals surface area contributed by atoms with Crippen LogP contribution in [0.4, 0.5) is 0 Å². The Kier molecular flexibility index (Phi) is 4.76. The lowest BCUT2D eigenvalue weighted by Gasteiger charge is -2.07. The van der Waals surface area contributed by atoms with Crippen molar-refractivity contribution in [3.63, 3.8) is 0 Å². The molecule has 0 atom stereocenters. The predicted molar refractivity (Wildman–Crippen MR) is 79.3 cm³/mol. The van der Waals surface area contributed by atoms with Gasteiger partial charge in [0.15, 0.2) is 0 Å². The van der Waals surface area contributed by atoms with Gasteiger partial charge in [-0.15, -0.1) is 0 Å². The van der Waals surface area contributed by atoms with Gasteiger partial charge in [0.2, 0.25) is 0 Å². The summed E-state index contributed by atoms with van der Waals surface area (Å²) in [6, 6.07) is 7.69. The number of benzene rings is 1. The van der Waals surface area contributed by atoms with Crippen LogP contribution in [0.3, 0.4) is 0 Å². The third-order valence-corrected chi connectivity index (χ3v) is 3.34. The Morgan fingerprint density at radius 1 is 1.30 bits per heavy atom. The highest BCUT2D eigenvalue weighted by Crippen LogP contribution is 2.18. The van der Waals surface area contributed by atoms with Gasteiger partial charge in [-0.25, -0.2) is 0 Å². The van der Waals surface area contributed by atoms with Gasteiger partial charge in [-0.2, -0.15) is 0 Å². The third kappa shape index (κ3) is 3.59. The van der Waals surface area contributed by atoms with Crippen molar-refractivity contribution in [2.24, 2.45) is 0 Å². The van der Waals surface area contributed by atoms with Crippen LogP contribution in [0.1, 0.15) is 5.56 Å². The van der Waals surface area contributed by atoms with Gasteiger partial charge in [-0.3, -0.25) is 4.79 Å². The minimum Gasteiger partial charge on any atom is -0.497 e. The molecule has 0 radical (unpaired) electrons. The van der Waals surface area contributed by atoms with E-state index in [0.717, 1.165) is 35.3 Å². The van der Waals surface area contributed by atoms with Crippen LogP contribution in [-0.4, -0.2) is 39.3 Å². The summed E-state index contributed by atoms with van der Waals surface area (Å²) in [7, 11) is 5.88. The first kappa shape index (κ1) is 14.6. The summed E-state index contributed by atoms with van der Waals surface area (Å²) in [5.74, 6) is 0.751. The molecule has 108 valence electrons. The minimum atomic E-state index is -0.0146. The molecule has 2 rings (SSSR count). The van der Waals surface area contributed by atoms with Crippen molar-refractivity contribution >= 4 is 10.9 Å². The molecule has 0 aliphatic carbocycles. The zero-order chi connectivity index (χ0) is 14.5. The Bertz CT molecular complexity index is 635. The topological polar surface area (TPSA) is 63.1 Å². The molecule has 4 N–H and O–H groups in total. The van der Waals surface area contributed by atoms with E-state index in [2.05, 4.69) is 24.4 Å². The van der Waals surface area contributed by atoms with Crippen LogP contribution in [-0.2, 0) is 6.54 Å². The molecule has 0 aliphatic rings. The Hall–Kier alpha value is -1.85. The maximum absolute atomic E-state index is 12.0. The number of aromatic amines is 1. The summed E-state index contributed by atoms with van der Waals surface area (Å²) < 4.78 is 5.16. The van der Waals surface area contributed by atoms with E-state index in [9.17, 15) is 4.79 Å². The summed E-state index contributed by atoms with van der Waals surface area (Å²) in [4.78, 5) is 16.4. The number of methoxy groups -OCH3 is 1. The van der Waals surface area contributed by atoms with E-state index in [-0.39, 0.29) is 5.56 Å². The number of H-pyrrole nitrogens is 1. The lowest BCUT2D eigenvalue weighted by atomic mass is 10.1. The summed E-state index contributed by atoms with van der Waals surface area (Å²) >= 11 is 0. The quantitative estimate of drug-likeness (QED) is 0.578. The predicted octanol–water partition coefficient (Wildman–Crippen LogP) is -1.26. The zero-order valence-corrected chi connectivity index (χ0v) is 12.3. The van der Waals surface area contributed by atoms with Crippen molar-refractivity contribution in [2.45, 2.75) is 6.54 Å². The van der Waals surface area contributed by atoms with Gasteiger partial charge in [-0.05, 0) is 23.6 Å². The second-order valence-corrected chi connectivity index (χ2v) is 5.32. The van der Waals surface area contributed by atoms with Crippen molar-refractivity contribution in [3.05, 3.63) is 40.2 Å². The normalized spacial score (nSPS) is 11.2. The summed E-state index contributed by atoms with van der Waals surface area (Å²) in [6.45, 7) is 2.82. The fourth-order valence-corrected chi connectivity index (χ4v) is 2.15. The molecule has 0 aliphatic heterocycles. The number of hydrogen-bond donors (Lipinski definition) is 3. The molecule has 0 amide bonds. The van der Waals surface area contributed by atoms with Crippen LogP contribution in [0.2, 0.25) is 0 Å². The van der Waals surface area contributed by atoms with Crippen molar-refractivity contribution in [1.29, 1.82) is 0 Å². The second kappa shape index (κ2) is 6.54. The molecule has 5 heteroatoms. The standard InChI is InChI=1S/C15H21N3O2/c1-18(2)7-6-16-10-12-8-11-4-5-13(20-3)9-14(11)17-15(12)19/h4-5,8-9,16H,6-7,10H2,1-3H3,(H,17,19)/p+2. The van der Waals surface area contributed by atoms with E-state index in [1.165, 1.54) is 4.90 Å². The van der Waals surface area contributed by atoms with E-state index in [0.29, 0.717) is 6.54 Å². The number of nitrogens with two attached hydrogens (primary N) is 1. The lowest BCUT2D eigenvalue weighted by molar-refractivity contribution is -0.875. The van der Waals surface area contributed by atoms with E-state index in [1.54, 1.807) is 7.11 Å². The molecule has 0 spiro atoms. The molecule has 0 saturated heterocycles. The number of hydrogen-bond acceptors (Lipinski definition) is 2. The molecule has 0 bridgehead atoms. The highest BCUT2D eigenvalue weighted by Gasteiger charge is 2.06. The first-order valence-electron chi connectivity index (χ1n) is 6.91. The number of aromatic nitrogens is 1. The van der Waals surface area contributed by atoms with Crippen LogP contribution in [0.25, 0.3) is 10.9 Å². The van der Waals surface area contributed by atoms with Crippen LogP contribution < -0.4 is 20.5 Å². The zero-order valence-electron chi connectivity index (χ0n) is 12.3. The molecule has 0 saturated carbocycles. The maximum Gasteiger partial charge on any atom is 0.257 e. The van der Waals surface area contributed by atoms with Gasteiger partial charge in [0, 0.05) is 6.07 Å². The molecule has 20 heavy (non-hydrogen) atoms. The van der Waals surface area contributed by atoms with Crippen LogP contribution in [0, 0.1) is 0 Å². The van der Waals surface area contributed by atoms with Gasteiger partial charge >= 0.3 is 0 Å². The molecule has 5 nitrogen and oxygen atoms in total. The number of fused-ring (bicyclic) bond motifs is 1. The van der Waals surface area contributed by atoms with Gasteiger partial charge in [0.05, 0.1) is 32.3 Å². The van der Waals surface area contributed by atoms with Crippen molar-refractivity contribution < 1.29 is 15.0 Å². The molecule has 1 heterocycles. The average Bonchev–Trinajstić information content (AvgIpc) is 2.43. The van der Waals surface area contributed by atoms with Gasteiger partial charge in [0.25, 0.3) is 5.56 Å². The molecule has 0 fully saturated rings. The Balaban J connectivity index is 2.14. The molecule has 2 aromatic rings. The van der Waals surface area contributed by atoms with Crippen molar-refractivity contribution in [2.75, 3.05) is 34.3 Å². The molecule has 0 unspecified atom stereocenters. The Labute approximate surface area is 118 Å². The molecule has 1 aromatic carbocycles. The number of nitrogens with one attached hydrogen (secondary N) is 2. The highest BCUT2D eigenvalue weighted by atomic mass is 16.5. The number of likely N-dealkylation sites (N-methyl/N-ethyl adjacent to an activating group) is 1. The monoisotopic (exact) mass is 277 g/mol. The summed E-state index contributed by atoms with van der Waals surface area (Å²) in [6.07, 6.45) is 0. The van der Waals surface area contributed by atoms with Gasteiger partial charge < -0.3 is 19.9 Å². The van der Waals surface area contributed by atoms with Gasteiger partial charge in [0.1, 0.15) is 25.4 Å². The SMILES string of the molecule is COc1ccc2cc(C[NH2+]CC[NH+](C)C)c(=O)[nH]c2c1. The van der Waals surface area contributed by atoms with Crippen LogP contribution in [0.15, 0.2) is 29.1 Å². The number of ether oxygens (including phenoxy) is 1. The van der Waals surface area contributed by atoms with Crippen LogP contribution in [0.5, 0.6) is 5.75 Å². The molecular formula is C15H23N3O2+2. The fourth-order valence-electron chi connectivity index (χ4n) is 2.15.